The fraction of sp³-hybridized carbons (Fsp3) is 0.511. The molecular formula is C47H55F2N3O11. The SMILES string of the molecule is CC(C)=CCCC1(C)C=Cc2c(O)c3c(c(CC=C(C)C)c2O1)OC12C(=CC(CC1C(C)C)C(=O)C2(O)C/C=C(/C)C(=O)OC[C@H]1OC(n2ccc(N)nc2=O)C(F)(F)C1O)C3=O. The van der Waals surface area contributed by atoms with Crippen LogP contribution in [-0.2, 0) is 25.5 Å². The zero-order valence-electron chi connectivity index (χ0n) is 36.7. The number of nitrogen functional groups attached to an aromatic ring is 1. The number of aromatic nitrogens is 2. The van der Waals surface area contributed by atoms with E-state index in [0.717, 1.165) is 29.8 Å². The molecule has 5 N–H and O–H groups in total. The number of hydrogen-bond acceptors (Lipinski definition) is 13. The molecule has 8 atom stereocenters. The van der Waals surface area contributed by atoms with Crippen molar-refractivity contribution in [1.29, 1.82) is 0 Å². The van der Waals surface area contributed by atoms with E-state index in [1.807, 2.05) is 60.6 Å². The number of alkyl halides is 2. The molecule has 1 aromatic carbocycles. The Morgan fingerprint density at radius 1 is 1.08 bits per heavy atom. The Morgan fingerprint density at radius 2 is 1.78 bits per heavy atom. The first-order valence-corrected chi connectivity index (χ1v) is 21.2. The Hall–Kier alpha value is -5.45. The lowest BCUT2D eigenvalue weighted by Gasteiger charge is -2.60. The van der Waals surface area contributed by atoms with Crippen molar-refractivity contribution in [3.05, 3.63) is 92.1 Å². The first kappa shape index (κ1) is 45.6. The van der Waals surface area contributed by atoms with E-state index >= 15 is 8.78 Å². The average molecular weight is 876 g/mol. The molecular weight excluding hydrogens is 821 g/mol. The summed E-state index contributed by atoms with van der Waals surface area (Å²) in [6, 6.07) is 1.11. The number of Topliss-reactive ketones (excluding diaryl/α,β-unsaturated/α-hetero) is 2. The van der Waals surface area contributed by atoms with Crippen LogP contribution in [0.2, 0.25) is 0 Å². The quantitative estimate of drug-likeness (QED) is 0.105. The van der Waals surface area contributed by atoms with Crippen LogP contribution in [0.15, 0.2) is 69.7 Å². The average Bonchev–Trinajstić information content (AvgIpc) is 3.43. The number of aromatic hydroxyl groups is 1. The van der Waals surface area contributed by atoms with Gasteiger partial charge >= 0.3 is 17.6 Å². The number of nitrogens with zero attached hydrogens (tertiary/aromatic N) is 2. The van der Waals surface area contributed by atoms with Crippen molar-refractivity contribution < 1.29 is 57.4 Å². The van der Waals surface area contributed by atoms with E-state index in [-0.39, 0.29) is 52.8 Å². The third kappa shape index (κ3) is 7.52. The lowest BCUT2D eigenvalue weighted by atomic mass is 9.49. The fourth-order valence-electron chi connectivity index (χ4n) is 9.51. The topological polar surface area (TPSA) is 210 Å². The van der Waals surface area contributed by atoms with E-state index in [1.165, 1.54) is 19.1 Å². The first-order chi connectivity index (χ1) is 29.5. The van der Waals surface area contributed by atoms with Crippen LogP contribution in [0.25, 0.3) is 6.08 Å². The number of esters is 1. The molecule has 1 saturated carbocycles. The zero-order valence-corrected chi connectivity index (χ0v) is 36.7. The minimum absolute atomic E-state index is 0.00701. The normalized spacial score (nSPS) is 30.1. The van der Waals surface area contributed by atoms with Crippen molar-refractivity contribution >= 4 is 29.4 Å². The summed E-state index contributed by atoms with van der Waals surface area (Å²) in [5, 5.41) is 35.4. The highest BCUT2D eigenvalue weighted by Gasteiger charge is 2.73. The number of ketones is 2. The maximum absolute atomic E-state index is 15.2. The van der Waals surface area contributed by atoms with Gasteiger partial charge in [0.15, 0.2) is 28.9 Å². The van der Waals surface area contributed by atoms with Crippen molar-refractivity contribution in [2.45, 2.75) is 129 Å². The molecule has 63 heavy (non-hydrogen) atoms. The summed E-state index contributed by atoms with van der Waals surface area (Å²) in [5.41, 5.74) is 1.80. The van der Waals surface area contributed by atoms with Gasteiger partial charge < -0.3 is 40.0 Å². The summed E-state index contributed by atoms with van der Waals surface area (Å²) in [7, 11) is 0. The second kappa shape index (κ2) is 16.3. The molecule has 1 aromatic heterocycles. The van der Waals surface area contributed by atoms with Gasteiger partial charge in [0, 0.05) is 41.2 Å². The second-order valence-electron chi connectivity index (χ2n) is 18.4. The largest absolute Gasteiger partial charge is 0.506 e. The monoisotopic (exact) mass is 875 g/mol. The number of phenolic OH excluding ortho intramolecular Hbond substituents is 1. The summed E-state index contributed by atoms with van der Waals surface area (Å²) in [5.74, 6) is -8.26. The van der Waals surface area contributed by atoms with E-state index in [0.29, 0.717) is 27.9 Å². The van der Waals surface area contributed by atoms with Crippen LogP contribution < -0.4 is 20.9 Å². The van der Waals surface area contributed by atoms with Crippen LogP contribution in [0.1, 0.15) is 109 Å². The number of hydrogen-bond donors (Lipinski definition) is 4. The molecule has 3 aliphatic heterocycles. The van der Waals surface area contributed by atoms with E-state index in [1.54, 1.807) is 6.08 Å². The molecule has 4 heterocycles. The molecule has 2 bridgehead atoms. The standard InChI is InChI=1S/C47H55F2N3O11/c1-23(2)10-9-16-44(8)17-14-28-35(53)34-36(54)31-21-27-20-30(25(5)6)46(31,63-38(34)29(37(28)62-44)12-11-24(3)4)45(59,39(27)55)18-13-26(7)41(57)60-22-32-40(56)47(48,49)42(61-32)52-19-15-33(50)51-43(52)58/h10-11,13-15,17,19,21,25,27,30,32,40,42,53,56,59H,9,12,16,18,20,22H2,1-8H3,(H2,50,51,58)/b26-13-/t27?,30?,32-,40?,42?,44?,45?,46?/m1/s1. The smallest absolute Gasteiger partial charge is 0.351 e. The fourth-order valence-corrected chi connectivity index (χ4v) is 9.51. The van der Waals surface area contributed by atoms with Gasteiger partial charge in [-0.2, -0.15) is 13.8 Å². The van der Waals surface area contributed by atoms with Crippen LogP contribution in [-0.4, -0.2) is 83.9 Å². The van der Waals surface area contributed by atoms with E-state index in [9.17, 15) is 34.5 Å². The molecule has 3 aliphatic carbocycles. The number of benzene rings is 1. The van der Waals surface area contributed by atoms with Gasteiger partial charge in [-0.3, -0.25) is 14.2 Å². The lowest BCUT2D eigenvalue weighted by Crippen LogP contribution is -2.75. The first-order valence-electron chi connectivity index (χ1n) is 21.2. The van der Waals surface area contributed by atoms with Gasteiger partial charge in [0.05, 0.1) is 5.56 Å². The van der Waals surface area contributed by atoms with Crippen molar-refractivity contribution in [3.8, 4) is 17.2 Å². The molecule has 7 unspecified atom stereocenters. The molecule has 8 rings (SSSR count). The van der Waals surface area contributed by atoms with E-state index < -0.39 is 89.3 Å². The van der Waals surface area contributed by atoms with Crippen LogP contribution in [0.5, 0.6) is 17.2 Å². The highest BCUT2D eigenvalue weighted by atomic mass is 19.3. The maximum Gasteiger partial charge on any atom is 0.351 e. The predicted octanol–water partition coefficient (Wildman–Crippen LogP) is 6.27. The second-order valence-corrected chi connectivity index (χ2v) is 18.4. The van der Waals surface area contributed by atoms with Crippen LogP contribution in [0.4, 0.5) is 14.6 Å². The number of allylic oxidation sites excluding steroid dienone is 5. The number of carbonyl (C=O) groups is 3. The summed E-state index contributed by atoms with van der Waals surface area (Å²) in [4.78, 5) is 58.6. The Labute approximate surface area is 363 Å². The number of rotatable bonds is 12. The van der Waals surface area contributed by atoms with Crippen LogP contribution in [0.3, 0.4) is 0 Å². The van der Waals surface area contributed by atoms with Gasteiger partial charge in [0.2, 0.25) is 6.23 Å². The van der Waals surface area contributed by atoms with Crippen molar-refractivity contribution in [3.63, 3.8) is 0 Å². The highest BCUT2D eigenvalue weighted by Crippen LogP contribution is 2.62. The molecule has 2 aromatic rings. The van der Waals surface area contributed by atoms with Crippen LogP contribution >= 0.6 is 0 Å². The number of aliphatic hydroxyl groups excluding tert-OH is 1. The van der Waals surface area contributed by atoms with E-state index in [4.69, 9.17) is 24.7 Å². The third-order valence-electron chi connectivity index (χ3n) is 12.9. The molecule has 1 spiro atoms. The van der Waals surface area contributed by atoms with Gasteiger partial charge in [-0.25, -0.2) is 9.59 Å². The van der Waals surface area contributed by atoms with Gasteiger partial charge in [-0.05, 0) is 91.4 Å². The van der Waals surface area contributed by atoms with Crippen LogP contribution in [0, 0.1) is 17.8 Å². The Bertz CT molecular complexity index is 2480. The number of nitrogens with two attached hydrogens (primary N) is 1. The summed E-state index contributed by atoms with van der Waals surface area (Å²) < 4.78 is 55.2. The minimum Gasteiger partial charge on any atom is -0.506 e. The molecule has 2 fully saturated rings. The predicted molar refractivity (Wildman–Crippen MR) is 227 cm³/mol. The summed E-state index contributed by atoms with van der Waals surface area (Å²) >= 11 is 0. The molecule has 0 amide bonds. The molecule has 14 nitrogen and oxygen atoms in total. The number of fused-ring (bicyclic) bond motifs is 4. The number of carbonyl (C=O) groups excluding carboxylic acids is 3. The molecule has 1 saturated heterocycles. The van der Waals surface area contributed by atoms with Gasteiger partial charge in [-0.1, -0.05) is 49.3 Å². The van der Waals surface area contributed by atoms with Gasteiger partial charge in [-0.15, -0.1) is 0 Å². The number of aliphatic hydroxyl groups is 2. The number of halogens is 2. The lowest BCUT2D eigenvalue weighted by molar-refractivity contribution is -0.194. The van der Waals surface area contributed by atoms with Crippen molar-refractivity contribution in [2.75, 3.05) is 12.3 Å². The molecule has 16 heteroatoms. The summed E-state index contributed by atoms with van der Waals surface area (Å²) in [6.45, 7) is 14.1. The number of ether oxygens (including phenoxy) is 4. The minimum atomic E-state index is -3.99. The van der Waals surface area contributed by atoms with Gasteiger partial charge in [0.1, 0.15) is 46.9 Å². The molecule has 6 aliphatic rings. The maximum atomic E-state index is 15.2. The Morgan fingerprint density at radius 3 is 2.43 bits per heavy atom. The Kier molecular flexibility index (Phi) is 11.8. The van der Waals surface area contributed by atoms with Gasteiger partial charge in [0.25, 0.3) is 0 Å². The highest BCUT2D eigenvalue weighted by molar-refractivity contribution is 6.18. The molecule has 338 valence electrons. The van der Waals surface area contributed by atoms with Crippen molar-refractivity contribution in [1.82, 2.24) is 9.55 Å². The number of anilines is 1. The van der Waals surface area contributed by atoms with E-state index in [2.05, 4.69) is 11.1 Å². The molecule has 0 radical (unpaired) electrons. The van der Waals surface area contributed by atoms with Crippen molar-refractivity contribution in [2.24, 2.45) is 17.8 Å². The third-order valence-corrected chi connectivity index (χ3v) is 12.9. The number of phenols is 1. The summed E-state index contributed by atoms with van der Waals surface area (Å²) in [6.07, 6.45) is 6.16. The zero-order chi connectivity index (χ0) is 46.1. The Balaban J connectivity index is 1.23.